The highest BCUT2D eigenvalue weighted by molar-refractivity contribution is 6.35. The SMILES string of the molecule is COc1cccc(C(=O)NCCc2ccc(Cl)cc2Cl)c1OC(F)F. The molecular formula is C17H15Cl2F2NO3. The van der Waals surface area contributed by atoms with Crippen LogP contribution < -0.4 is 14.8 Å². The monoisotopic (exact) mass is 389 g/mol. The van der Waals surface area contributed by atoms with Gasteiger partial charge in [0.25, 0.3) is 5.91 Å². The third-order valence-electron chi connectivity index (χ3n) is 3.35. The molecule has 1 N–H and O–H groups in total. The van der Waals surface area contributed by atoms with E-state index >= 15 is 0 Å². The van der Waals surface area contributed by atoms with Gasteiger partial charge in [-0.15, -0.1) is 0 Å². The van der Waals surface area contributed by atoms with E-state index in [-0.39, 0.29) is 23.6 Å². The number of ether oxygens (including phenoxy) is 2. The van der Waals surface area contributed by atoms with Gasteiger partial charge in [0.2, 0.25) is 0 Å². The molecule has 0 radical (unpaired) electrons. The van der Waals surface area contributed by atoms with Gasteiger partial charge in [-0.3, -0.25) is 4.79 Å². The lowest BCUT2D eigenvalue weighted by Crippen LogP contribution is -2.26. The molecule has 4 nitrogen and oxygen atoms in total. The summed E-state index contributed by atoms with van der Waals surface area (Å²) < 4.78 is 34.6. The molecular weight excluding hydrogens is 375 g/mol. The van der Waals surface area contributed by atoms with Gasteiger partial charge in [-0.2, -0.15) is 8.78 Å². The summed E-state index contributed by atoms with van der Waals surface area (Å²) in [5.74, 6) is -0.810. The lowest BCUT2D eigenvalue weighted by Gasteiger charge is -2.14. The van der Waals surface area contributed by atoms with Gasteiger partial charge in [0.1, 0.15) is 0 Å². The topological polar surface area (TPSA) is 47.6 Å². The van der Waals surface area contributed by atoms with Crippen LogP contribution in [0.5, 0.6) is 11.5 Å². The Morgan fingerprint density at radius 3 is 2.64 bits per heavy atom. The molecule has 8 heteroatoms. The lowest BCUT2D eigenvalue weighted by atomic mass is 10.1. The standard InChI is InChI=1S/C17H15Cl2F2NO3/c1-24-14-4-2-3-12(15(14)25-17(20)21)16(23)22-8-7-10-5-6-11(18)9-13(10)19/h2-6,9,17H,7-8H2,1H3,(H,22,23). The minimum absolute atomic E-state index is 0.0400. The molecule has 0 aliphatic heterocycles. The molecule has 0 aliphatic carbocycles. The zero-order valence-corrected chi connectivity index (χ0v) is 14.7. The van der Waals surface area contributed by atoms with Crippen LogP contribution in [0.3, 0.4) is 0 Å². The molecule has 1 amide bonds. The number of alkyl halides is 2. The second-order valence-corrected chi connectivity index (χ2v) is 5.80. The molecule has 0 saturated heterocycles. The van der Waals surface area contributed by atoms with Gasteiger partial charge >= 0.3 is 6.61 Å². The van der Waals surface area contributed by atoms with Crippen molar-refractivity contribution < 1.29 is 23.0 Å². The molecule has 0 aliphatic rings. The van der Waals surface area contributed by atoms with E-state index in [0.717, 1.165) is 5.56 Å². The van der Waals surface area contributed by atoms with Crippen molar-refractivity contribution in [3.63, 3.8) is 0 Å². The number of carbonyl (C=O) groups excluding carboxylic acids is 1. The average Bonchev–Trinajstić information content (AvgIpc) is 2.56. The largest absolute Gasteiger partial charge is 0.493 e. The molecule has 2 aromatic carbocycles. The van der Waals surface area contributed by atoms with E-state index in [2.05, 4.69) is 10.1 Å². The fourth-order valence-corrected chi connectivity index (χ4v) is 2.70. The van der Waals surface area contributed by atoms with Gasteiger partial charge < -0.3 is 14.8 Å². The molecule has 0 atom stereocenters. The number of rotatable bonds is 7. The van der Waals surface area contributed by atoms with Crippen LogP contribution in [0, 0.1) is 0 Å². The number of hydrogen-bond donors (Lipinski definition) is 1. The van der Waals surface area contributed by atoms with Crippen molar-refractivity contribution in [2.45, 2.75) is 13.0 Å². The molecule has 2 aromatic rings. The Bertz CT molecular complexity index is 757. The van der Waals surface area contributed by atoms with Crippen molar-refractivity contribution in [2.75, 3.05) is 13.7 Å². The Hall–Kier alpha value is -2.05. The zero-order valence-electron chi connectivity index (χ0n) is 13.2. The van der Waals surface area contributed by atoms with Crippen LogP contribution in [0.4, 0.5) is 8.78 Å². The summed E-state index contributed by atoms with van der Waals surface area (Å²) in [4.78, 5) is 12.3. The molecule has 0 spiro atoms. The number of halogens is 4. The molecule has 2 rings (SSSR count). The Balaban J connectivity index is 2.07. The van der Waals surface area contributed by atoms with Crippen LogP contribution in [0.25, 0.3) is 0 Å². The highest BCUT2D eigenvalue weighted by atomic mass is 35.5. The van der Waals surface area contributed by atoms with Crippen molar-refractivity contribution in [1.82, 2.24) is 5.32 Å². The number of para-hydroxylation sites is 1. The third-order valence-corrected chi connectivity index (χ3v) is 3.93. The molecule has 0 saturated carbocycles. The summed E-state index contributed by atoms with van der Waals surface area (Å²) in [5, 5.41) is 3.65. The number of methoxy groups -OCH3 is 1. The molecule has 0 heterocycles. The highest BCUT2D eigenvalue weighted by Crippen LogP contribution is 2.32. The predicted molar refractivity (Wildman–Crippen MR) is 92.1 cm³/mol. The zero-order chi connectivity index (χ0) is 18.4. The first-order valence-corrected chi connectivity index (χ1v) is 8.02. The second kappa shape index (κ2) is 8.87. The maximum absolute atomic E-state index is 12.6. The van der Waals surface area contributed by atoms with E-state index < -0.39 is 12.5 Å². The van der Waals surface area contributed by atoms with E-state index in [0.29, 0.717) is 16.5 Å². The summed E-state index contributed by atoms with van der Waals surface area (Å²) in [5.41, 5.74) is 0.767. The van der Waals surface area contributed by atoms with Crippen LogP contribution in [0.1, 0.15) is 15.9 Å². The molecule has 25 heavy (non-hydrogen) atoms. The Morgan fingerprint density at radius 2 is 2.00 bits per heavy atom. The maximum Gasteiger partial charge on any atom is 0.387 e. The van der Waals surface area contributed by atoms with Gasteiger partial charge in [0.05, 0.1) is 12.7 Å². The van der Waals surface area contributed by atoms with Crippen molar-refractivity contribution in [1.29, 1.82) is 0 Å². The van der Waals surface area contributed by atoms with E-state index in [1.165, 1.54) is 25.3 Å². The summed E-state index contributed by atoms with van der Waals surface area (Å²) >= 11 is 11.9. The summed E-state index contributed by atoms with van der Waals surface area (Å²) in [6.45, 7) is -2.82. The van der Waals surface area contributed by atoms with Crippen molar-refractivity contribution in [3.05, 3.63) is 57.6 Å². The minimum Gasteiger partial charge on any atom is -0.493 e. The van der Waals surface area contributed by atoms with Gasteiger partial charge in [-0.25, -0.2) is 0 Å². The maximum atomic E-state index is 12.6. The molecule has 0 fully saturated rings. The molecule has 0 aromatic heterocycles. The van der Waals surface area contributed by atoms with E-state index in [1.54, 1.807) is 18.2 Å². The predicted octanol–water partition coefficient (Wildman–Crippen LogP) is 4.58. The van der Waals surface area contributed by atoms with E-state index in [4.69, 9.17) is 27.9 Å². The van der Waals surface area contributed by atoms with Crippen LogP contribution in [-0.4, -0.2) is 26.2 Å². The van der Waals surface area contributed by atoms with Gasteiger partial charge in [0.15, 0.2) is 11.5 Å². The van der Waals surface area contributed by atoms with Crippen LogP contribution in [-0.2, 0) is 6.42 Å². The normalized spacial score (nSPS) is 10.6. The molecule has 0 bridgehead atoms. The third kappa shape index (κ3) is 5.21. The first-order valence-electron chi connectivity index (χ1n) is 7.26. The van der Waals surface area contributed by atoms with Gasteiger partial charge in [-0.1, -0.05) is 35.3 Å². The highest BCUT2D eigenvalue weighted by Gasteiger charge is 2.20. The van der Waals surface area contributed by atoms with E-state index in [1.807, 2.05) is 0 Å². The minimum atomic E-state index is -3.07. The fraction of sp³-hybridized carbons (Fsp3) is 0.235. The Morgan fingerprint density at radius 1 is 1.24 bits per heavy atom. The Labute approximate surface area is 153 Å². The van der Waals surface area contributed by atoms with Crippen molar-refractivity contribution >= 4 is 29.1 Å². The van der Waals surface area contributed by atoms with Crippen LogP contribution in [0.15, 0.2) is 36.4 Å². The lowest BCUT2D eigenvalue weighted by molar-refractivity contribution is -0.0515. The van der Waals surface area contributed by atoms with E-state index in [9.17, 15) is 13.6 Å². The molecule has 0 unspecified atom stereocenters. The first kappa shape index (κ1) is 19.3. The Kier molecular flexibility index (Phi) is 6.84. The first-order chi connectivity index (χ1) is 11.9. The van der Waals surface area contributed by atoms with Crippen LogP contribution in [0.2, 0.25) is 10.0 Å². The van der Waals surface area contributed by atoms with Crippen LogP contribution >= 0.6 is 23.2 Å². The fourth-order valence-electron chi connectivity index (χ4n) is 2.20. The molecule has 134 valence electrons. The van der Waals surface area contributed by atoms with Crippen molar-refractivity contribution in [2.24, 2.45) is 0 Å². The van der Waals surface area contributed by atoms with Gasteiger partial charge in [0, 0.05) is 16.6 Å². The van der Waals surface area contributed by atoms with Gasteiger partial charge in [-0.05, 0) is 36.2 Å². The quantitative estimate of drug-likeness (QED) is 0.753. The summed E-state index contributed by atoms with van der Waals surface area (Å²) in [6.07, 6.45) is 0.455. The number of nitrogens with one attached hydrogen (secondary N) is 1. The van der Waals surface area contributed by atoms with Crippen molar-refractivity contribution in [3.8, 4) is 11.5 Å². The number of carbonyl (C=O) groups is 1. The average molecular weight is 390 g/mol. The summed E-state index contributed by atoms with van der Waals surface area (Å²) in [6, 6.07) is 9.39. The summed E-state index contributed by atoms with van der Waals surface area (Å²) in [7, 11) is 1.30. The number of amides is 1. The number of benzene rings is 2. The number of hydrogen-bond acceptors (Lipinski definition) is 3. The second-order valence-electron chi connectivity index (χ2n) is 4.96. The smallest absolute Gasteiger partial charge is 0.387 e.